The zero-order chi connectivity index (χ0) is 13.7. The lowest BCUT2D eigenvalue weighted by Gasteiger charge is -2.05. The predicted octanol–water partition coefficient (Wildman–Crippen LogP) is 2.92. The van der Waals surface area contributed by atoms with Crippen LogP contribution in [0.3, 0.4) is 0 Å². The predicted molar refractivity (Wildman–Crippen MR) is 80.0 cm³/mol. The molecule has 0 unspecified atom stereocenters. The Morgan fingerprint density at radius 2 is 2.21 bits per heavy atom. The van der Waals surface area contributed by atoms with Gasteiger partial charge >= 0.3 is 0 Å². The molecule has 0 fully saturated rings. The standard InChI is InChI=1S/C14H23N3OS/c1-4-7-18-8-5-6-15-9-13-12(3)16-14-17(13)10-11(2)19-14/h10,15H,4-9H2,1-3H3. The molecule has 2 heterocycles. The monoisotopic (exact) mass is 281 g/mol. The molecule has 0 amide bonds. The quantitative estimate of drug-likeness (QED) is 0.756. The summed E-state index contributed by atoms with van der Waals surface area (Å²) in [5.41, 5.74) is 2.40. The summed E-state index contributed by atoms with van der Waals surface area (Å²) in [6, 6.07) is 0. The van der Waals surface area contributed by atoms with E-state index in [1.807, 2.05) is 0 Å². The molecule has 5 heteroatoms. The fraction of sp³-hybridized carbons (Fsp3) is 0.643. The maximum absolute atomic E-state index is 5.46. The lowest BCUT2D eigenvalue weighted by molar-refractivity contribution is 0.132. The molecule has 0 radical (unpaired) electrons. The van der Waals surface area contributed by atoms with E-state index in [9.17, 15) is 0 Å². The first kappa shape index (κ1) is 14.5. The molecule has 0 aromatic carbocycles. The van der Waals surface area contributed by atoms with Crippen LogP contribution in [0.1, 0.15) is 36.0 Å². The van der Waals surface area contributed by atoms with Crippen LogP contribution in [0.4, 0.5) is 0 Å². The highest BCUT2D eigenvalue weighted by atomic mass is 32.1. The highest BCUT2D eigenvalue weighted by molar-refractivity contribution is 7.17. The Labute approximate surface area is 118 Å². The second-order valence-corrected chi connectivity index (χ2v) is 5.99. The van der Waals surface area contributed by atoms with Crippen molar-refractivity contribution in [2.45, 2.75) is 40.2 Å². The molecule has 2 rings (SSSR count). The van der Waals surface area contributed by atoms with Crippen molar-refractivity contribution in [3.63, 3.8) is 0 Å². The maximum atomic E-state index is 5.46. The number of hydrogen-bond donors (Lipinski definition) is 1. The SMILES string of the molecule is CCCOCCCNCc1c(C)nc2sc(C)cn12. The number of rotatable bonds is 8. The fourth-order valence-corrected chi connectivity index (χ4v) is 2.96. The summed E-state index contributed by atoms with van der Waals surface area (Å²) in [5.74, 6) is 0. The minimum absolute atomic E-state index is 0.846. The first-order valence-electron chi connectivity index (χ1n) is 6.94. The van der Waals surface area contributed by atoms with Crippen LogP contribution in [0.2, 0.25) is 0 Å². The smallest absolute Gasteiger partial charge is 0.194 e. The Hall–Kier alpha value is -0.910. The van der Waals surface area contributed by atoms with Crippen molar-refractivity contribution in [2.75, 3.05) is 19.8 Å². The van der Waals surface area contributed by atoms with E-state index >= 15 is 0 Å². The van der Waals surface area contributed by atoms with Gasteiger partial charge in [-0.05, 0) is 33.2 Å². The first-order valence-corrected chi connectivity index (χ1v) is 7.76. The molecule has 2 aromatic heterocycles. The molecule has 0 atom stereocenters. The van der Waals surface area contributed by atoms with Crippen LogP contribution >= 0.6 is 11.3 Å². The Morgan fingerprint density at radius 1 is 1.37 bits per heavy atom. The van der Waals surface area contributed by atoms with Gasteiger partial charge in [0.15, 0.2) is 4.96 Å². The summed E-state index contributed by atoms with van der Waals surface area (Å²) >= 11 is 1.74. The molecule has 4 nitrogen and oxygen atoms in total. The number of hydrogen-bond acceptors (Lipinski definition) is 4. The number of nitrogens with one attached hydrogen (secondary N) is 1. The molecule has 2 aromatic rings. The second-order valence-electron chi connectivity index (χ2n) is 4.78. The molecule has 0 saturated heterocycles. The van der Waals surface area contributed by atoms with Gasteiger partial charge in [0.2, 0.25) is 0 Å². The molecule has 0 saturated carbocycles. The third kappa shape index (κ3) is 3.78. The van der Waals surface area contributed by atoms with Gasteiger partial charge in [0.1, 0.15) is 0 Å². The van der Waals surface area contributed by atoms with E-state index in [1.165, 1.54) is 10.6 Å². The van der Waals surface area contributed by atoms with Crippen molar-refractivity contribution in [2.24, 2.45) is 0 Å². The Morgan fingerprint density at radius 3 is 3.00 bits per heavy atom. The highest BCUT2D eigenvalue weighted by Gasteiger charge is 2.10. The van der Waals surface area contributed by atoms with Gasteiger partial charge in [-0.3, -0.25) is 4.40 Å². The number of aromatic nitrogens is 2. The van der Waals surface area contributed by atoms with Crippen LogP contribution in [0.25, 0.3) is 4.96 Å². The summed E-state index contributed by atoms with van der Waals surface area (Å²) in [5, 5.41) is 3.47. The van der Waals surface area contributed by atoms with Crippen molar-refractivity contribution in [3.8, 4) is 0 Å². The normalized spacial score (nSPS) is 11.5. The van der Waals surface area contributed by atoms with Crippen molar-refractivity contribution in [1.29, 1.82) is 0 Å². The lowest BCUT2D eigenvalue weighted by atomic mass is 10.3. The van der Waals surface area contributed by atoms with Crippen molar-refractivity contribution in [1.82, 2.24) is 14.7 Å². The molecule has 0 aliphatic heterocycles. The van der Waals surface area contributed by atoms with Crippen LogP contribution < -0.4 is 5.32 Å². The Kier molecular flexibility index (Phi) is 5.36. The van der Waals surface area contributed by atoms with Gasteiger partial charge in [-0.25, -0.2) is 4.98 Å². The van der Waals surface area contributed by atoms with Crippen LogP contribution in [-0.4, -0.2) is 29.1 Å². The minimum atomic E-state index is 0.846. The molecular weight excluding hydrogens is 258 g/mol. The van der Waals surface area contributed by atoms with Crippen molar-refractivity contribution in [3.05, 3.63) is 22.5 Å². The maximum Gasteiger partial charge on any atom is 0.194 e. The van der Waals surface area contributed by atoms with E-state index in [0.29, 0.717) is 0 Å². The average molecular weight is 281 g/mol. The van der Waals surface area contributed by atoms with Gasteiger partial charge in [0.05, 0.1) is 11.4 Å². The summed E-state index contributed by atoms with van der Waals surface area (Å²) in [7, 11) is 0. The Balaban J connectivity index is 1.79. The number of ether oxygens (including phenoxy) is 1. The van der Waals surface area contributed by atoms with Crippen molar-refractivity contribution >= 4 is 16.3 Å². The zero-order valence-electron chi connectivity index (χ0n) is 12.0. The molecule has 106 valence electrons. The summed E-state index contributed by atoms with van der Waals surface area (Å²) in [4.78, 5) is 6.99. The van der Waals surface area contributed by atoms with E-state index in [0.717, 1.165) is 49.8 Å². The van der Waals surface area contributed by atoms with Gasteiger partial charge in [0, 0.05) is 30.8 Å². The molecule has 0 aliphatic rings. The van der Waals surface area contributed by atoms with E-state index in [4.69, 9.17) is 4.74 Å². The molecule has 0 aliphatic carbocycles. The molecule has 0 spiro atoms. The summed E-state index contributed by atoms with van der Waals surface area (Å²) in [6.45, 7) is 9.91. The van der Waals surface area contributed by atoms with E-state index < -0.39 is 0 Å². The largest absolute Gasteiger partial charge is 0.381 e. The van der Waals surface area contributed by atoms with Crippen molar-refractivity contribution < 1.29 is 4.74 Å². The number of aryl methyl sites for hydroxylation is 2. The average Bonchev–Trinajstić information content (AvgIpc) is 2.85. The van der Waals surface area contributed by atoms with Crippen LogP contribution in [-0.2, 0) is 11.3 Å². The topological polar surface area (TPSA) is 38.6 Å². The highest BCUT2D eigenvalue weighted by Crippen LogP contribution is 2.20. The number of nitrogens with zero attached hydrogens (tertiary/aromatic N) is 2. The fourth-order valence-electron chi connectivity index (χ4n) is 2.07. The third-order valence-corrected chi connectivity index (χ3v) is 3.92. The molecule has 1 N–H and O–H groups in total. The summed E-state index contributed by atoms with van der Waals surface area (Å²) < 4.78 is 7.67. The van der Waals surface area contributed by atoms with Crippen LogP contribution in [0.15, 0.2) is 6.20 Å². The Bertz CT molecular complexity index is 518. The molecule has 19 heavy (non-hydrogen) atoms. The van der Waals surface area contributed by atoms with E-state index in [1.54, 1.807) is 11.3 Å². The number of imidazole rings is 1. The van der Waals surface area contributed by atoms with Gasteiger partial charge < -0.3 is 10.1 Å². The third-order valence-electron chi connectivity index (χ3n) is 3.02. The lowest BCUT2D eigenvalue weighted by Crippen LogP contribution is -2.18. The van der Waals surface area contributed by atoms with Crippen LogP contribution in [0, 0.1) is 13.8 Å². The van der Waals surface area contributed by atoms with E-state index in [2.05, 4.69) is 41.7 Å². The first-order chi connectivity index (χ1) is 9.22. The van der Waals surface area contributed by atoms with Crippen LogP contribution in [0.5, 0.6) is 0 Å². The van der Waals surface area contributed by atoms with Gasteiger partial charge in [-0.15, -0.1) is 11.3 Å². The van der Waals surface area contributed by atoms with Gasteiger partial charge in [-0.2, -0.15) is 0 Å². The van der Waals surface area contributed by atoms with Gasteiger partial charge in [0.25, 0.3) is 0 Å². The van der Waals surface area contributed by atoms with Gasteiger partial charge in [-0.1, -0.05) is 6.92 Å². The molecular formula is C14H23N3OS. The minimum Gasteiger partial charge on any atom is -0.381 e. The zero-order valence-corrected chi connectivity index (χ0v) is 12.8. The second kappa shape index (κ2) is 7.03. The summed E-state index contributed by atoms with van der Waals surface area (Å²) in [6.07, 6.45) is 4.32. The van der Waals surface area contributed by atoms with E-state index in [-0.39, 0.29) is 0 Å². The number of fused-ring (bicyclic) bond motifs is 1. The number of thiazole rings is 1. The molecule has 0 bridgehead atoms.